The normalized spacial score (nSPS) is 10.5. The molecule has 0 aliphatic heterocycles. The van der Waals surface area contributed by atoms with Gasteiger partial charge in [-0.25, -0.2) is 4.79 Å². The first-order valence-electron chi connectivity index (χ1n) is 4.49. The van der Waals surface area contributed by atoms with E-state index < -0.39 is 11.4 Å². The molecular weight excluding hydrogens is 226 g/mol. The second-order valence-electron chi connectivity index (χ2n) is 2.88. The van der Waals surface area contributed by atoms with Gasteiger partial charge in [-0.3, -0.25) is 4.79 Å². The maximum Gasteiger partial charge on any atom is 0.348 e. The Hall–Kier alpha value is -2.55. The van der Waals surface area contributed by atoms with Gasteiger partial charge < -0.3 is 13.9 Å². The third kappa shape index (κ3) is 2.95. The molecule has 1 aromatic rings. The molecule has 0 fully saturated rings. The van der Waals surface area contributed by atoms with Crippen LogP contribution in [0.5, 0.6) is 5.75 Å². The van der Waals surface area contributed by atoms with Crippen LogP contribution in [0.2, 0.25) is 0 Å². The van der Waals surface area contributed by atoms with Gasteiger partial charge in [0.1, 0.15) is 23.7 Å². The maximum atomic E-state index is 11.4. The van der Waals surface area contributed by atoms with E-state index in [4.69, 9.17) is 14.4 Å². The van der Waals surface area contributed by atoms with Crippen molar-refractivity contribution in [3.8, 4) is 11.8 Å². The third-order valence-corrected chi connectivity index (χ3v) is 1.85. The van der Waals surface area contributed by atoms with Gasteiger partial charge in [0.05, 0.1) is 14.2 Å². The van der Waals surface area contributed by atoms with Gasteiger partial charge in [-0.05, 0) is 0 Å². The molecule has 6 nitrogen and oxygen atoms in total. The molecule has 0 spiro atoms. The van der Waals surface area contributed by atoms with Gasteiger partial charge in [-0.1, -0.05) is 0 Å². The van der Waals surface area contributed by atoms with Crippen molar-refractivity contribution in [3.63, 3.8) is 0 Å². The van der Waals surface area contributed by atoms with E-state index in [-0.39, 0.29) is 17.1 Å². The summed E-state index contributed by atoms with van der Waals surface area (Å²) in [4.78, 5) is 22.5. The molecule has 0 bridgehead atoms. The molecule has 1 rings (SSSR count). The van der Waals surface area contributed by atoms with Gasteiger partial charge in [0.2, 0.25) is 11.2 Å². The average molecular weight is 235 g/mol. The first-order valence-corrected chi connectivity index (χ1v) is 4.49. The highest BCUT2D eigenvalue weighted by Crippen LogP contribution is 2.09. The number of carbonyl (C=O) groups is 1. The minimum atomic E-state index is -0.800. The van der Waals surface area contributed by atoms with Crippen LogP contribution in [0.4, 0.5) is 0 Å². The fraction of sp³-hybridized carbons (Fsp3) is 0.182. The highest BCUT2D eigenvalue weighted by atomic mass is 16.5. The van der Waals surface area contributed by atoms with E-state index in [2.05, 4.69) is 4.74 Å². The molecule has 6 heteroatoms. The van der Waals surface area contributed by atoms with Gasteiger partial charge in [0, 0.05) is 12.1 Å². The summed E-state index contributed by atoms with van der Waals surface area (Å²) in [6.07, 6.45) is 2.22. The van der Waals surface area contributed by atoms with Crippen LogP contribution in [0.15, 0.2) is 27.1 Å². The second kappa shape index (κ2) is 5.51. The Morgan fingerprint density at radius 1 is 1.53 bits per heavy atom. The predicted octanol–water partition coefficient (Wildman–Crippen LogP) is 0.728. The maximum absolute atomic E-state index is 11.4. The number of hydrogen-bond donors (Lipinski definition) is 0. The van der Waals surface area contributed by atoms with Crippen molar-refractivity contribution in [2.24, 2.45) is 0 Å². The lowest BCUT2D eigenvalue weighted by atomic mass is 10.2. The van der Waals surface area contributed by atoms with E-state index >= 15 is 0 Å². The number of hydrogen-bond acceptors (Lipinski definition) is 6. The molecular formula is C11H9NO5. The first-order chi connectivity index (χ1) is 8.12. The van der Waals surface area contributed by atoms with Crippen molar-refractivity contribution in [1.82, 2.24) is 0 Å². The Morgan fingerprint density at radius 2 is 2.24 bits per heavy atom. The van der Waals surface area contributed by atoms with Crippen LogP contribution >= 0.6 is 0 Å². The van der Waals surface area contributed by atoms with E-state index in [1.54, 1.807) is 6.07 Å². The molecule has 0 N–H and O–H groups in total. The zero-order chi connectivity index (χ0) is 12.8. The van der Waals surface area contributed by atoms with Crippen LogP contribution in [0.1, 0.15) is 5.76 Å². The highest BCUT2D eigenvalue weighted by molar-refractivity contribution is 5.97. The van der Waals surface area contributed by atoms with Gasteiger partial charge >= 0.3 is 5.97 Å². The van der Waals surface area contributed by atoms with Crippen molar-refractivity contribution in [2.45, 2.75) is 0 Å². The van der Waals surface area contributed by atoms with Crippen molar-refractivity contribution in [1.29, 1.82) is 5.26 Å². The summed E-state index contributed by atoms with van der Waals surface area (Å²) in [7, 11) is 2.48. The quantitative estimate of drug-likeness (QED) is 0.436. The highest BCUT2D eigenvalue weighted by Gasteiger charge is 2.10. The molecule has 0 aliphatic carbocycles. The average Bonchev–Trinajstić information content (AvgIpc) is 2.35. The summed E-state index contributed by atoms with van der Waals surface area (Å²) in [5.41, 5.74) is -0.673. The predicted molar refractivity (Wildman–Crippen MR) is 57.1 cm³/mol. The number of ether oxygens (including phenoxy) is 2. The van der Waals surface area contributed by atoms with Crippen LogP contribution in [0, 0.1) is 11.3 Å². The monoisotopic (exact) mass is 235 g/mol. The number of rotatable bonds is 3. The molecule has 1 heterocycles. The lowest BCUT2D eigenvalue weighted by molar-refractivity contribution is -0.135. The number of carbonyl (C=O) groups excluding carboxylic acids is 1. The van der Waals surface area contributed by atoms with E-state index in [0.717, 1.165) is 25.5 Å². The summed E-state index contributed by atoms with van der Waals surface area (Å²) >= 11 is 0. The minimum Gasteiger partial charge on any atom is -0.490 e. The lowest BCUT2D eigenvalue weighted by Gasteiger charge is -1.99. The summed E-state index contributed by atoms with van der Waals surface area (Å²) < 4.78 is 14.1. The minimum absolute atomic E-state index is 0.0405. The Bertz CT molecular complexity index is 550. The molecule has 0 amide bonds. The Kier molecular flexibility index (Phi) is 4.06. The Morgan fingerprint density at radius 3 is 2.71 bits per heavy atom. The molecule has 88 valence electrons. The van der Waals surface area contributed by atoms with Crippen molar-refractivity contribution in [3.05, 3.63) is 33.9 Å². The molecule has 0 atom stereocenters. The summed E-state index contributed by atoms with van der Waals surface area (Å²) in [6, 6.07) is 2.75. The fourth-order valence-electron chi connectivity index (χ4n) is 1.03. The SMILES string of the molecule is COC(=O)/C(C#N)=C/c1cc(=O)c(OC)co1. The standard InChI is InChI=1S/C11H9NO5/c1-15-10-6-17-8(4-9(10)13)3-7(5-12)11(14)16-2/h3-4,6H,1-2H3/b7-3+. The van der Waals surface area contributed by atoms with E-state index in [1.165, 1.54) is 7.11 Å². The summed E-state index contributed by atoms with van der Waals surface area (Å²) in [5.74, 6) is -0.692. The van der Waals surface area contributed by atoms with Crippen LogP contribution in [0.25, 0.3) is 6.08 Å². The van der Waals surface area contributed by atoms with Gasteiger partial charge in [0.15, 0.2) is 0 Å². The van der Waals surface area contributed by atoms with Gasteiger partial charge in [-0.2, -0.15) is 5.26 Å². The molecule has 0 aromatic carbocycles. The van der Waals surface area contributed by atoms with E-state index in [0.29, 0.717) is 0 Å². The van der Waals surface area contributed by atoms with Crippen molar-refractivity contribution >= 4 is 12.0 Å². The molecule has 0 saturated heterocycles. The van der Waals surface area contributed by atoms with Crippen molar-refractivity contribution in [2.75, 3.05) is 14.2 Å². The first kappa shape index (κ1) is 12.5. The number of esters is 1. The van der Waals surface area contributed by atoms with E-state index in [9.17, 15) is 9.59 Å². The van der Waals surface area contributed by atoms with Crippen LogP contribution in [0.3, 0.4) is 0 Å². The molecule has 0 aliphatic rings. The number of methoxy groups -OCH3 is 2. The van der Waals surface area contributed by atoms with Gasteiger partial charge in [-0.15, -0.1) is 0 Å². The van der Waals surface area contributed by atoms with E-state index in [1.807, 2.05) is 0 Å². The molecule has 0 radical (unpaired) electrons. The van der Waals surface area contributed by atoms with Crippen LogP contribution in [-0.4, -0.2) is 20.2 Å². The fourth-order valence-corrected chi connectivity index (χ4v) is 1.03. The van der Waals surface area contributed by atoms with Crippen molar-refractivity contribution < 1.29 is 18.7 Å². The number of nitriles is 1. The van der Waals surface area contributed by atoms with Gasteiger partial charge in [0.25, 0.3) is 0 Å². The lowest BCUT2D eigenvalue weighted by Crippen LogP contribution is -2.05. The van der Waals surface area contributed by atoms with Crippen LogP contribution < -0.4 is 10.2 Å². The zero-order valence-electron chi connectivity index (χ0n) is 9.22. The topological polar surface area (TPSA) is 89.5 Å². The Balaban J connectivity index is 3.14. The number of nitrogens with zero attached hydrogens (tertiary/aromatic N) is 1. The molecule has 1 aromatic heterocycles. The summed E-state index contributed by atoms with van der Waals surface area (Å²) in [5, 5.41) is 8.70. The molecule has 0 saturated carbocycles. The second-order valence-corrected chi connectivity index (χ2v) is 2.88. The largest absolute Gasteiger partial charge is 0.490 e. The Labute approximate surface area is 96.7 Å². The molecule has 0 unspecified atom stereocenters. The summed E-state index contributed by atoms with van der Waals surface area (Å²) in [6.45, 7) is 0. The molecule has 17 heavy (non-hydrogen) atoms. The zero-order valence-corrected chi connectivity index (χ0v) is 9.22. The van der Waals surface area contributed by atoms with Crippen LogP contribution in [-0.2, 0) is 9.53 Å². The third-order valence-electron chi connectivity index (χ3n) is 1.85. The smallest absolute Gasteiger partial charge is 0.348 e.